The van der Waals surface area contributed by atoms with Crippen LogP contribution in [0.1, 0.15) is 0 Å². The Morgan fingerprint density at radius 1 is 0.600 bits per heavy atom. The number of nitrogens with zero attached hydrogens (tertiary/aromatic N) is 2. The molecule has 20 heavy (non-hydrogen) atoms. The van der Waals surface area contributed by atoms with Gasteiger partial charge < -0.3 is 0 Å². The van der Waals surface area contributed by atoms with Gasteiger partial charge in [0.15, 0.2) is 0 Å². The van der Waals surface area contributed by atoms with Gasteiger partial charge in [0.25, 0.3) is 0 Å². The van der Waals surface area contributed by atoms with E-state index in [1.165, 1.54) is 5.69 Å². The summed E-state index contributed by atoms with van der Waals surface area (Å²) in [6.45, 7) is 0. The molecule has 114 valence electrons. The van der Waals surface area contributed by atoms with E-state index < -0.39 is 56.0 Å². The molecule has 0 aromatic heterocycles. The first-order valence-electron chi connectivity index (χ1n) is 7.51. The first-order valence-corrected chi connectivity index (χ1v) is 37.0. The van der Waals surface area contributed by atoms with E-state index in [-0.39, 0.29) is 0 Å². The summed E-state index contributed by atoms with van der Waals surface area (Å²) in [4.78, 5) is 23.1. The van der Waals surface area contributed by atoms with Gasteiger partial charge in [-0.25, -0.2) is 0 Å². The molecule has 0 bridgehead atoms. The maximum absolute atomic E-state index is 3.01. The number of benzene rings is 1. The molecule has 0 heterocycles. The van der Waals surface area contributed by atoms with Crippen molar-refractivity contribution in [3.05, 3.63) is 30.3 Å². The molecule has 0 N–H and O–H groups in total. The quantitative estimate of drug-likeness (QED) is 0.340. The number of anilines is 1. The van der Waals surface area contributed by atoms with Crippen molar-refractivity contribution < 1.29 is 0 Å². The summed E-state index contributed by atoms with van der Waals surface area (Å²) >= 11 is -6.59. The number of hydrogen-bond donors (Lipinski definition) is 0. The summed E-state index contributed by atoms with van der Waals surface area (Å²) < 4.78 is 5.84. The van der Waals surface area contributed by atoms with Crippen LogP contribution in [0, 0.1) is 0 Å². The predicted octanol–water partition coefficient (Wildman–Crippen LogP) is 5.21. The van der Waals surface area contributed by atoms with E-state index in [9.17, 15) is 0 Å². The van der Waals surface area contributed by atoms with Gasteiger partial charge in [-0.2, -0.15) is 0 Å². The van der Waals surface area contributed by atoms with E-state index in [1.807, 2.05) is 0 Å². The Hall–Kier alpha value is 1.38. The minimum atomic E-state index is -2.25. The number of hydrogen-bond acceptors (Lipinski definition) is 2. The Morgan fingerprint density at radius 3 is 1.30 bits per heavy atom. The van der Waals surface area contributed by atoms with Gasteiger partial charge in [-0.15, -0.1) is 0 Å². The molecule has 0 unspecified atom stereocenters. The number of hydrazine groups is 1. The van der Waals surface area contributed by atoms with Crippen molar-refractivity contribution in [2.45, 2.75) is 44.5 Å². The second-order valence-corrected chi connectivity index (χ2v) is 52.9. The molecule has 2 nitrogen and oxygen atoms in total. The maximum atomic E-state index is 3.01. The Labute approximate surface area is 139 Å². The van der Waals surface area contributed by atoms with Crippen molar-refractivity contribution >= 4 is 61.6 Å². The van der Waals surface area contributed by atoms with Crippen molar-refractivity contribution in [2.24, 2.45) is 0 Å². The van der Waals surface area contributed by atoms with Crippen LogP contribution < -0.4 is 3.23 Å². The fourth-order valence-electron chi connectivity index (χ4n) is 2.98. The first-order chi connectivity index (χ1) is 8.85. The molecule has 1 rings (SSSR count). The molecule has 1 aromatic rings. The average molecular weight is 597 g/mol. The van der Waals surface area contributed by atoms with Gasteiger partial charge in [-0.3, -0.25) is 0 Å². The van der Waals surface area contributed by atoms with E-state index in [1.54, 1.807) is 0 Å². The predicted molar refractivity (Wildman–Crippen MR) is 101 cm³/mol. The van der Waals surface area contributed by atoms with Crippen LogP contribution in [0.2, 0.25) is 44.5 Å². The third-order valence-corrected chi connectivity index (χ3v) is 45.4. The molecular formula is C15H32N2Sn3. The van der Waals surface area contributed by atoms with Crippen LogP contribution in [0.5, 0.6) is 0 Å². The van der Waals surface area contributed by atoms with Gasteiger partial charge in [0.05, 0.1) is 0 Å². The van der Waals surface area contributed by atoms with Crippen LogP contribution in [0.15, 0.2) is 30.3 Å². The number of rotatable bonds is 5. The summed E-state index contributed by atoms with van der Waals surface area (Å²) in [6.07, 6.45) is 0. The Morgan fingerprint density at radius 2 is 1.00 bits per heavy atom. The van der Waals surface area contributed by atoms with Crippen LogP contribution in [0.25, 0.3) is 0 Å². The van der Waals surface area contributed by atoms with Crippen molar-refractivity contribution in [3.63, 3.8) is 0 Å². The fraction of sp³-hybridized carbons (Fsp3) is 0.600. The molecule has 0 saturated heterocycles. The third kappa shape index (κ3) is 5.23. The average Bonchev–Trinajstić information content (AvgIpc) is 2.21. The molecular weight excluding hydrogens is 564 g/mol. The van der Waals surface area contributed by atoms with E-state index >= 15 is 0 Å². The normalized spacial score (nSPS) is 13.7. The van der Waals surface area contributed by atoms with Gasteiger partial charge in [-0.05, 0) is 0 Å². The second-order valence-electron chi connectivity index (χ2n) is 8.47. The molecule has 0 fully saturated rings. The fourth-order valence-corrected chi connectivity index (χ4v) is 78.7. The molecule has 0 aliphatic carbocycles. The zero-order valence-electron chi connectivity index (χ0n) is 14.8. The van der Waals surface area contributed by atoms with E-state index in [2.05, 4.69) is 79.5 Å². The second kappa shape index (κ2) is 6.87. The SMILES string of the molecule is [CH3][Sn]([CH3])([CH3])[N](c1ccccc1)[N]([Sn]([CH3])([CH3])[CH3])[Sn]([CH3])([CH3])[CH3]. The third-order valence-electron chi connectivity index (χ3n) is 3.11. The van der Waals surface area contributed by atoms with Gasteiger partial charge in [-0.1, -0.05) is 0 Å². The molecule has 0 aliphatic rings. The topological polar surface area (TPSA) is 6.48 Å². The first kappa shape index (κ1) is 19.4. The Kier molecular flexibility index (Phi) is 6.67. The van der Waals surface area contributed by atoms with Crippen molar-refractivity contribution in [1.82, 2.24) is 1.45 Å². The van der Waals surface area contributed by atoms with E-state index in [0.29, 0.717) is 0 Å². The van der Waals surface area contributed by atoms with Crippen LogP contribution in [-0.4, -0.2) is 57.4 Å². The minimum absolute atomic E-state index is 1.44. The summed E-state index contributed by atoms with van der Waals surface area (Å²) in [5.41, 5.74) is 1.44. The van der Waals surface area contributed by atoms with Gasteiger partial charge in [0.2, 0.25) is 0 Å². The van der Waals surface area contributed by atoms with Crippen molar-refractivity contribution in [3.8, 4) is 0 Å². The number of para-hydroxylation sites is 1. The molecule has 0 radical (unpaired) electrons. The molecule has 5 heteroatoms. The zero-order chi connectivity index (χ0) is 15.8. The van der Waals surface area contributed by atoms with Crippen LogP contribution in [-0.2, 0) is 0 Å². The summed E-state index contributed by atoms with van der Waals surface area (Å²) in [6, 6.07) is 11.1. The summed E-state index contributed by atoms with van der Waals surface area (Å²) in [7, 11) is 0. The van der Waals surface area contributed by atoms with Crippen molar-refractivity contribution in [1.29, 1.82) is 0 Å². The molecule has 0 spiro atoms. The van der Waals surface area contributed by atoms with E-state index in [4.69, 9.17) is 0 Å². The van der Waals surface area contributed by atoms with E-state index in [0.717, 1.165) is 0 Å². The molecule has 0 aliphatic heterocycles. The monoisotopic (exact) mass is 600 g/mol. The van der Waals surface area contributed by atoms with Crippen LogP contribution >= 0.6 is 0 Å². The molecule has 0 saturated carbocycles. The molecule has 0 amide bonds. The summed E-state index contributed by atoms with van der Waals surface area (Å²) in [5, 5.41) is 0. The standard InChI is InChI=1S/C6H5N2.9CH3.3Sn/c7-8-6-4-2-1-3-5-6;;;;;;;;;;;;/h1-5H;9*1H3;;;/q-1;;;;;;;;;;;;+1. The Bertz CT molecular complexity index is 413. The van der Waals surface area contributed by atoms with Gasteiger partial charge in [0.1, 0.15) is 0 Å². The van der Waals surface area contributed by atoms with Gasteiger partial charge in [0, 0.05) is 0 Å². The van der Waals surface area contributed by atoms with Crippen LogP contribution in [0.4, 0.5) is 5.69 Å². The summed E-state index contributed by atoms with van der Waals surface area (Å²) in [5.74, 6) is 0. The molecule has 1 aromatic carbocycles. The zero-order valence-corrected chi connectivity index (χ0v) is 23.3. The van der Waals surface area contributed by atoms with Crippen LogP contribution in [0.3, 0.4) is 0 Å². The van der Waals surface area contributed by atoms with Crippen molar-refractivity contribution in [2.75, 3.05) is 3.23 Å². The van der Waals surface area contributed by atoms with Gasteiger partial charge >= 0.3 is 141 Å². The Balaban J connectivity index is 3.43. The molecule has 0 atom stereocenters.